The Hall–Kier alpha value is -1.91. The van der Waals surface area contributed by atoms with Gasteiger partial charge in [0.05, 0.1) is 5.56 Å². The quantitative estimate of drug-likeness (QED) is 0.752. The summed E-state index contributed by atoms with van der Waals surface area (Å²) in [6.45, 7) is 0. The second-order valence-corrected chi connectivity index (χ2v) is 3.14. The number of ketones is 1. The number of hydrogen-bond acceptors (Lipinski definition) is 3. The van der Waals surface area contributed by atoms with Gasteiger partial charge in [0.1, 0.15) is 5.75 Å². The normalized spacial score (nSPS) is 24.2. The number of carbonyl (C=O) groups is 2. The Labute approximate surface area is 84.3 Å². The predicted octanol–water partition coefficient (Wildman–Crippen LogP) is 1.05. The Morgan fingerprint density at radius 2 is 2.07 bits per heavy atom. The number of halogens is 1. The number of benzene rings is 1. The van der Waals surface area contributed by atoms with Gasteiger partial charge in [-0.25, -0.2) is 9.18 Å². The van der Waals surface area contributed by atoms with Crippen molar-refractivity contribution in [2.24, 2.45) is 0 Å². The Morgan fingerprint density at radius 1 is 1.40 bits per heavy atom. The number of hydrogen-bond donors (Lipinski definition) is 1. The van der Waals surface area contributed by atoms with Crippen LogP contribution in [0.4, 0.5) is 4.39 Å². The Kier molecular flexibility index (Phi) is 2.15. The zero-order valence-electron chi connectivity index (χ0n) is 7.51. The molecule has 0 radical (unpaired) electrons. The maximum atomic E-state index is 13.3. The molecule has 1 aliphatic rings. The molecule has 2 rings (SSSR count). The van der Waals surface area contributed by atoms with Crippen molar-refractivity contribution in [3.8, 4) is 5.75 Å². The molecule has 0 aromatic heterocycles. The number of carboxylic acid groups (broad SMARTS) is 1. The molecule has 1 N–H and O–H groups in total. The molecule has 5 heteroatoms. The monoisotopic (exact) mass is 210 g/mol. The number of ether oxygens (including phenoxy) is 1. The van der Waals surface area contributed by atoms with Gasteiger partial charge in [0.2, 0.25) is 18.1 Å². The van der Waals surface area contributed by atoms with Crippen LogP contribution in [0, 0.1) is 0 Å². The van der Waals surface area contributed by atoms with Crippen LogP contribution in [0.25, 0.3) is 0 Å². The molecule has 0 fully saturated rings. The van der Waals surface area contributed by atoms with Gasteiger partial charge in [0.15, 0.2) is 0 Å². The summed E-state index contributed by atoms with van der Waals surface area (Å²) in [7, 11) is 0. The highest BCUT2D eigenvalue weighted by atomic mass is 19.1. The largest absolute Gasteiger partial charge is 0.478 e. The summed E-state index contributed by atoms with van der Waals surface area (Å²) in [5.41, 5.74) is 0.0856. The molecule has 0 bridgehead atoms. The molecule has 1 aromatic carbocycles. The maximum absolute atomic E-state index is 13.3. The summed E-state index contributed by atoms with van der Waals surface area (Å²) in [5, 5.41) is 8.63. The highest BCUT2D eigenvalue weighted by molar-refractivity contribution is 6.05. The van der Waals surface area contributed by atoms with Gasteiger partial charge in [-0.15, -0.1) is 0 Å². The molecule has 1 aliphatic heterocycles. The number of Topliss-reactive ketones (excluding diaryl/α,β-unsaturated/α-hetero) is 1. The Balaban J connectivity index is 2.45. The first kappa shape index (κ1) is 9.64. The van der Waals surface area contributed by atoms with E-state index in [9.17, 15) is 14.0 Å². The van der Waals surface area contributed by atoms with E-state index < -0.39 is 24.0 Å². The highest BCUT2D eigenvalue weighted by Crippen LogP contribution is 2.28. The van der Waals surface area contributed by atoms with E-state index in [0.717, 1.165) is 0 Å². The molecule has 0 amide bonds. The van der Waals surface area contributed by atoms with Crippen molar-refractivity contribution < 1.29 is 23.8 Å². The van der Waals surface area contributed by atoms with E-state index in [1.807, 2.05) is 0 Å². The molecular weight excluding hydrogens is 203 g/mol. The van der Waals surface area contributed by atoms with Gasteiger partial charge < -0.3 is 9.84 Å². The number of carboxylic acids is 1. The number of alkyl halides is 1. The number of fused-ring (bicyclic) bond motifs is 1. The SMILES string of the molecule is O=C1c2ccccc2OC(C(=O)O)C1F. The van der Waals surface area contributed by atoms with Crippen molar-refractivity contribution in [1.29, 1.82) is 0 Å². The molecule has 2 atom stereocenters. The smallest absolute Gasteiger partial charge is 0.348 e. The van der Waals surface area contributed by atoms with Gasteiger partial charge in [-0.3, -0.25) is 4.79 Å². The number of carbonyl (C=O) groups excluding carboxylic acids is 1. The van der Waals surface area contributed by atoms with Gasteiger partial charge in [-0.2, -0.15) is 0 Å². The van der Waals surface area contributed by atoms with Gasteiger partial charge >= 0.3 is 5.97 Å². The van der Waals surface area contributed by atoms with Gasteiger partial charge in [-0.05, 0) is 12.1 Å². The lowest BCUT2D eigenvalue weighted by atomic mass is 9.99. The topological polar surface area (TPSA) is 63.6 Å². The zero-order valence-corrected chi connectivity index (χ0v) is 7.51. The molecule has 0 spiro atoms. The lowest BCUT2D eigenvalue weighted by molar-refractivity contribution is -0.147. The molecule has 2 unspecified atom stereocenters. The third-order valence-electron chi connectivity index (χ3n) is 2.17. The summed E-state index contributed by atoms with van der Waals surface area (Å²) >= 11 is 0. The first-order chi connectivity index (χ1) is 7.11. The van der Waals surface area contributed by atoms with E-state index in [4.69, 9.17) is 9.84 Å². The second kappa shape index (κ2) is 3.34. The first-order valence-corrected chi connectivity index (χ1v) is 4.28. The van der Waals surface area contributed by atoms with E-state index in [2.05, 4.69) is 0 Å². The number of para-hydroxylation sites is 1. The van der Waals surface area contributed by atoms with Crippen LogP contribution in [-0.2, 0) is 4.79 Å². The van der Waals surface area contributed by atoms with E-state index in [1.165, 1.54) is 12.1 Å². The Bertz CT molecular complexity index is 429. The van der Waals surface area contributed by atoms with Crippen molar-refractivity contribution >= 4 is 11.8 Å². The van der Waals surface area contributed by atoms with Crippen LogP contribution < -0.4 is 4.74 Å². The van der Waals surface area contributed by atoms with Crippen molar-refractivity contribution in [3.63, 3.8) is 0 Å². The van der Waals surface area contributed by atoms with Crippen molar-refractivity contribution in [3.05, 3.63) is 29.8 Å². The summed E-state index contributed by atoms with van der Waals surface area (Å²) in [4.78, 5) is 22.0. The average molecular weight is 210 g/mol. The Morgan fingerprint density at radius 3 is 2.73 bits per heavy atom. The molecule has 1 heterocycles. The molecule has 4 nitrogen and oxygen atoms in total. The standard InChI is InChI=1S/C10H7FO4/c11-7-8(12)5-3-1-2-4-6(5)15-9(7)10(13)14/h1-4,7,9H,(H,13,14). The fourth-order valence-corrected chi connectivity index (χ4v) is 1.43. The lowest BCUT2D eigenvalue weighted by Gasteiger charge is -2.24. The molecule has 1 aromatic rings. The van der Waals surface area contributed by atoms with Crippen LogP contribution in [0.15, 0.2) is 24.3 Å². The minimum Gasteiger partial charge on any atom is -0.478 e. The minimum absolute atomic E-state index is 0.0856. The van der Waals surface area contributed by atoms with Crippen LogP contribution in [-0.4, -0.2) is 29.1 Å². The van der Waals surface area contributed by atoms with Crippen LogP contribution >= 0.6 is 0 Å². The highest BCUT2D eigenvalue weighted by Gasteiger charge is 2.41. The summed E-state index contributed by atoms with van der Waals surface area (Å²) in [6.07, 6.45) is -3.88. The minimum atomic E-state index is -2.14. The van der Waals surface area contributed by atoms with Crippen LogP contribution in [0.5, 0.6) is 5.75 Å². The molecule has 0 saturated heterocycles. The third kappa shape index (κ3) is 1.45. The zero-order chi connectivity index (χ0) is 11.0. The second-order valence-electron chi connectivity index (χ2n) is 3.14. The average Bonchev–Trinajstić information content (AvgIpc) is 2.23. The molecule has 0 saturated carbocycles. The van der Waals surface area contributed by atoms with Gasteiger partial charge in [0.25, 0.3) is 0 Å². The first-order valence-electron chi connectivity index (χ1n) is 4.28. The maximum Gasteiger partial charge on any atom is 0.348 e. The van der Waals surface area contributed by atoms with Gasteiger partial charge in [0, 0.05) is 0 Å². The van der Waals surface area contributed by atoms with E-state index in [1.54, 1.807) is 12.1 Å². The molecular formula is C10H7FO4. The summed E-state index contributed by atoms with van der Waals surface area (Å²) in [5.74, 6) is -2.21. The number of aliphatic carboxylic acids is 1. The fourth-order valence-electron chi connectivity index (χ4n) is 1.43. The lowest BCUT2D eigenvalue weighted by Crippen LogP contribution is -2.44. The summed E-state index contributed by atoms with van der Waals surface area (Å²) in [6, 6.07) is 5.99. The van der Waals surface area contributed by atoms with Crippen LogP contribution in [0.1, 0.15) is 10.4 Å². The molecule has 15 heavy (non-hydrogen) atoms. The van der Waals surface area contributed by atoms with Crippen molar-refractivity contribution in [2.45, 2.75) is 12.3 Å². The summed E-state index contributed by atoms with van der Waals surface area (Å²) < 4.78 is 18.2. The molecule has 78 valence electrons. The third-order valence-corrected chi connectivity index (χ3v) is 2.17. The number of rotatable bonds is 1. The van der Waals surface area contributed by atoms with Crippen LogP contribution in [0.2, 0.25) is 0 Å². The predicted molar refractivity (Wildman–Crippen MR) is 47.7 cm³/mol. The van der Waals surface area contributed by atoms with Crippen molar-refractivity contribution in [1.82, 2.24) is 0 Å². The van der Waals surface area contributed by atoms with E-state index in [0.29, 0.717) is 0 Å². The van der Waals surface area contributed by atoms with Crippen molar-refractivity contribution in [2.75, 3.05) is 0 Å². The molecule has 0 aliphatic carbocycles. The van der Waals surface area contributed by atoms with Gasteiger partial charge in [-0.1, -0.05) is 12.1 Å². The van der Waals surface area contributed by atoms with Crippen LogP contribution in [0.3, 0.4) is 0 Å². The fraction of sp³-hybridized carbons (Fsp3) is 0.200. The van der Waals surface area contributed by atoms with E-state index >= 15 is 0 Å². The van der Waals surface area contributed by atoms with E-state index in [-0.39, 0.29) is 11.3 Å².